The van der Waals surface area contributed by atoms with Crippen molar-refractivity contribution in [3.8, 4) is 0 Å². The second-order valence-electron chi connectivity index (χ2n) is 4.20. The van der Waals surface area contributed by atoms with E-state index in [4.69, 9.17) is 34.3 Å². The van der Waals surface area contributed by atoms with Gasteiger partial charge in [0.25, 0.3) is 10.0 Å². The van der Waals surface area contributed by atoms with Crippen LogP contribution in [0.2, 0.25) is 5.02 Å². The molecule has 1 heterocycles. The molecule has 9 heteroatoms. The van der Waals surface area contributed by atoms with Gasteiger partial charge in [0, 0.05) is 18.7 Å². The third-order valence-electron chi connectivity index (χ3n) is 2.78. The maximum atomic E-state index is 12.2. The minimum Gasteiger partial charge on any atom is -0.389 e. The van der Waals surface area contributed by atoms with Gasteiger partial charge in [-0.25, -0.2) is 13.4 Å². The van der Waals surface area contributed by atoms with Gasteiger partial charge in [-0.2, -0.15) is 0 Å². The van der Waals surface area contributed by atoms with Crippen LogP contribution in [0.3, 0.4) is 0 Å². The Labute approximate surface area is 127 Å². The van der Waals surface area contributed by atoms with Crippen LogP contribution in [0.15, 0.2) is 23.1 Å². The first-order valence-corrected chi connectivity index (χ1v) is 8.11. The van der Waals surface area contributed by atoms with Crippen LogP contribution in [0, 0.1) is 0 Å². The Morgan fingerprint density at radius 2 is 2.05 bits per heavy atom. The SMILES string of the molecule is NC(=S)c1ccc(S(=O)(=O)NN2CCOCC2)cc1Cl. The summed E-state index contributed by atoms with van der Waals surface area (Å²) in [6, 6.07) is 4.25. The number of hydrogen-bond donors (Lipinski definition) is 2. The monoisotopic (exact) mass is 335 g/mol. The smallest absolute Gasteiger partial charge is 0.253 e. The second-order valence-corrected chi connectivity index (χ2v) is 6.71. The molecule has 0 aliphatic carbocycles. The third-order valence-corrected chi connectivity index (χ3v) is 4.68. The average Bonchev–Trinajstić information content (AvgIpc) is 2.38. The first-order chi connectivity index (χ1) is 9.40. The number of sulfonamides is 1. The summed E-state index contributed by atoms with van der Waals surface area (Å²) < 4.78 is 29.6. The fraction of sp³-hybridized carbons (Fsp3) is 0.364. The number of nitrogens with two attached hydrogens (primary N) is 1. The molecule has 1 saturated heterocycles. The molecule has 1 aromatic rings. The summed E-state index contributed by atoms with van der Waals surface area (Å²) >= 11 is 10.8. The number of hydrazine groups is 1. The molecule has 0 unspecified atom stereocenters. The lowest BCUT2D eigenvalue weighted by molar-refractivity contribution is 0.0272. The molecule has 2 rings (SSSR count). The number of nitrogens with zero attached hydrogens (tertiary/aromatic N) is 1. The van der Waals surface area contributed by atoms with Gasteiger partial charge in [0.1, 0.15) is 4.99 Å². The summed E-state index contributed by atoms with van der Waals surface area (Å²) in [7, 11) is -3.67. The van der Waals surface area contributed by atoms with E-state index in [-0.39, 0.29) is 14.9 Å². The first-order valence-electron chi connectivity index (χ1n) is 5.84. The molecule has 0 atom stereocenters. The van der Waals surface area contributed by atoms with E-state index in [1.54, 1.807) is 5.01 Å². The van der Waals surface area contributed by atoms with Crippen LogP contribution in [-0.4, -0.2) is 44.7 Å². The second kappa shape index (κ2) is 6.33. The van der Waals surface area contributed by atoms with Crippen LogP contribution < -0.4 is 10.6 Å². The number of benzene rings is 1. The van der Waals surface area contributed by atoms with E-state index < -0.39 is 10.0 Å². The lowest BCUT2D eigenvalue weighted by atomic mass is 10.2. The summed E-state index contributed by atoms with van der Waals surface area (Å²) in [4.78, 5) is 2.68. The molecule has 0 saturated carbocycles. The lowest BCUT2D eigenvalue weighted by Crippen LogP contribution is -2.48. The van der Waals surface area contributed by atoms with Crippen molar-refractivity contribution in [2.24, 2.45) is 5.73 Å². The van der Waals surface area contributed by atoms with E-state index in [2.05, 4.69) is 4.83 Å². The molecule has 0 aromatic heterocycles. The van der Waals surface area contributed by atoms with Crippen molar-refractivity contribution >= 4 is 38.8 Å². The van der Waals surface area contributed by atoms with Crippen molar-refractivity contribution in [2.75, 3.05) is 26.3 Å². The third kappa shape index (κ3) is 3.66. The van der Waals surface area contributed by atoms with Gasteiger partial charge in [0.05, 0.1) is 23.1 Å². The minimum absolute atomic E-state index is 0.0639. The van der Waals surface area contributed by atoms with Crippen molar-refractivity contribution in [1.29, 1.82) is 0 Å². The zero-order valence-electron chi connectivity index (χ0n) is 10.5. The van der Waals surface area contributed by atoms with E-state index in [9.17, 15) is 8.42 Å². The van der Waals surface area contributed by atoms with Crippen LogP contribution in [0.25, 0.3) is 0 Å². The van der Waals surface area contributed by atoms with Crippen molar-refractivity contribution < 1.29 is 13.2 Å². The number of hydrogen-bond acceptors (Lipinski definition) is 5. The van der Waals surface area contributed by atoms with E-state index in [0.29, 0.717) is 31.9 Å². The molecule has 0 bridgehead atoms. The molecule has 0 amide bonds. The molecule has 1 aliphatic heterocycles. The van der Waals surface area contributed by atoms with Gasteiger partial charge in [0.15, 0.2) is 0 Å². The number of rotatable bonds is 4. The van der Waals surface area contributed by atoms with Crippen molar-refractivity contribution in [2.45, 2.75) is 4.90 Å². The van der Waals surface area contributed by atoms with Crippen LogP contribution in [-0.2, 0) is 14.8 Å². The Hall–Kier alpha value is -0.770. The molecule has 0 radical (unpaired) electrons. The average molecular weight is 336 g/mol. The van der Waals surface area contributed by atoms with Gasteiger partial charge in [-0.05, 0) is 18.2 Å². The highest BCUT2D eigenvalue weighted by molar-refractivity contribution is 7.89. The van der Waals surface area contributed by atoms with Crippen molar-refractivity contribution in [1.82, 2.24) is 9.84 Å². The fourth-order valence-corrected chi connectivity index (χ4v) is 3.47. The number of thiocarbonyl (C=S) groups is 1. The Bertz CT molecular complexity index is 615. The normalized spacial score (nSPS) is 17.1. The van der Waals surface area contributed by atoms with E-state index in [1.807, 2.05) is 0 Å². The van der Waals surface area contributed by atoms with Crippen LogP contribution in [0.1, 0.15) is 5.56 Å². The van der Waals surface area contributed by atoms with Gasteiger partial charge in [-0.15, -0.1) is 4.83 Å². The lowest BCUT2D eigenvalue weighted by Gasteiger charge is -2.26. The Morgan fingerprint density at radius 1 is 1.40 bits per heavy atom. The van der Waals surface area contributed by atoms with E-state index >= 15 is 0 Å². The highest BCUT2D eigenvalue weighted by Crippen LogP contribution is 2.21. The first kappa shape index (κ1) is 15.6. The fourth-order valence-electron chi connectivity index (χ4n) is 1.74. The molecule has 20 heavy (non-hydrogen) atoms. The standard InChI is InChI=1S/C11H14ClN3O3S2/c12-10-7-8(1-2-9(10)11(13)19)20(16,17)14-15-3-5-18-6-4-15/h1-2,7,14H,3-6H2,(H2,13,19). The highest BCUT2D eigenvalue weighted by atomic mass is 35.5. The van der Waals surface area contributed by atoms with Gasteiger partial charge < -0.3 is 10.5 Å². The number of morpholine rings is 1. The molecule has 1 aliphatic rings. The number of halogens is 1. The highest BCUT2D eigenvalue weighted by Gasteiger charge is 2.21. The molecular formula is C11H14ClN3O3S2. The van der Waals surface area contributed by atoms with Crippen molar-refractivity contribution in [3.05, 3.63) is 28.8 Å². The summed E-state index contributed by atoms with van der Waals surface area (Å²) in [5.74, 6) is 0. The summed E-state index contributed by atoms with van der Waals surface area (Å²) in [6.45, 7) is 1.98. The van der Waals surface area contributed by atoms with E-state index in [0.717, 1.165) is 0 Å². The molecule has 0 spiro atoms. The molecule has 110 valence electrons. The molecule has 3 N–H and O–H groups in total. The topological polar surface area (TPSA) is 84.7 Å². The van der Waals surface area contributed by atoms with Gasteiger partial charge in [0.2, 0.25) is 0 Å². The predicted octanol–water partition coefficient (Wildman–Crippen LogP) is 0.500. The minimum atomic E-state index is -3.67. The van der Waals surface area contributed by atoms with Gasteiger partial charge in [-0.3, -0.25) is 0 Å². The largest absolute Gasteiger partial charge is 0.389 e. The van der Waals surface area contributed by atoms with E-state index in [1.165, 1.54) is 18.2 Å². The van der Waals surface area contributed by atoms with Crippen LogP contribution >= 0.6 is 23.8 Å². The number of nitrogens with one attached hydrogen (secondary N) is 1. The summed E-state index contributed by atoms with van der Waals surface area (Å²) in [5, 5.41) is 1.80. The van der Waals surface area contributed by atoms with Crippen LogP contribution in [0.5, 0.6) is 0 Å². The molecular weight excluding hydrogens is 322 g/mol. The zero-order chi connectivity index (χ0) is 14.8. The quantitative estimate of drug-likeness (QED) is 0.779. The molecule has 1 fully saturated rings. The molecule has 6 nitrogen and oxygen atoms in total. The maximum absolute atomic E-state index is 12.2. The van der Waals surface area contributed by atoms with Crippen LogP contribution in [0.4, 0.5) is 0 Å². The zero-order valence-corrected chi connectivity index (χ0v) is 12.9. The van der Waals surface area contributed by atoms with Gasteiger partial charge >= 0.3 is 0 Å². The summed E-state index contributed by atoms with van der Waals surface area (Å²) in [6.07, 6.45) is 0. The molecule has 1 aromatic carbocycles. The number of ether oxygens (including phenoxy) is 1. The Morgan fingerprint density at radius 3 is 2.60 bits per heavy atom. The Balaban J connectivity index is 2.20. The predicted molar refractivity (Wildman–Crippen MR) is 80.1 cm³/mol. The van der Waals surface area contributed by atoms with Gasteiger partial charge in [-0.1, -0.05) is 23.8 Å². The summed E-state index contributed by atoms with van der Waals surface area (Å²) in [5.41, 5.74) is 5.93. The maximum Gasteiger partial charge on any atom is 0.253 e. The Kier molecular flexibility index (Phi) is 4.95. The van der Waals surface area contributed by atoms with Crippen molar-refractivity contribution in [3.63, 3.8) is 0 Å².